The lowest BCUT2D eigenvalue weighted by molar-refractivity contribution is 1.08. The molecule has 10 aromatic rings. The van der Waals surface area contributed by atoms with Gasteiger partial charge < -0.3 is 0 Å². The monoisotopic (exact) mass is 673 g/mol. The number of rotatable bonds is 5. The smallest absolute Gasteiger partial charge is 0.164 e. The van der Waals surface area contributed by atoms with E-state index in [1.165, 1.54) is 62.6 Å². The highest BCUT2D eigenvalue weighted by molar-refractivity contribution is 7.27. The SMILES string of the molecule is c1ccc(-c2nc(-c3ccccc3)nc(-c3cccc4sc5c(-c6ccc(-c7ccccc7)c7c6sc6ccccc67)cccc5c34)n2)cc1. The first-order chi connectivity index (χ1) is 24.8. The molecule has 0 fully saturated rings. The fourth-order valence-corrected chi connectivity index (χ4v) is 9.59. The Kier molecular flexibility index (Phi) is 6.86. The number of aromatic nitrogens is 3. The zero-order valence-electron chi connectivity index (χ0n) is 26.7. The van der Waals surface area contributed by atoms with Crippen LogP contribution in [0.1, 0.15) is 0 Å². The van der Waals surface area contributed by atoms with E-state index in [0.717, 1.165) is 16.7 Å². The molecule has 10 rings (SSSR count). The average Bonchev–Trinajstić information content (AvgIpc) is 3.78. The van der Waals surface area contributed by atoms with Gasteiger partial charge in [0.15, 0.2) is 17.5 Å². The topological polar surface area (TPSA) is 38.7 Å². The van der Waals surface area contributed by atoms with Gasteiger partial charge in [0, 0.05) is 68.2 Å². The first kappa shape index (κ1) is 29.0. The second-order valence-electron chi connectivity index (χ2n) is 12.3. The molecule has 3 aromatic heterocycles. The Morgan fingerprint density at radius 3 is 1.52 bits per heavy atom. The van der Waals surface area contributed by atoms with Gasteiger partial charge in [-0.05, 0) is 23.3 Å². The van der Waals surface area contributed by atoms with Gasteiger partial charge in [-0.3, -0.25) is 0 Å². The highest BCUT2D eigenvalue weighted by Gasteiger charge is 2.21. The van der Waals surface area contributed by atoms with Crippen LogP contribution in [0.5, 0.6) is 0 Å². The van der Waals surface area contributed by atoms with Crippen molar-refractivity contribution in [1.82, 2.24) is 15.0 Å². The maximum atomic E-state index is 5.10. The summed E-state index contributed by atoms with van der Waals surface area (Å²) in [5.74, 6) is 2.00. The zero-order chi connectivity index (χ0) is 33.0. The van der Waals surface area contributed by atoms with Crippen LogP contribution < -0.4 is 0 Å². The third kappa shape index (κ3) is 4.74. The maximum Gasteiger partial charge on any atom is 0.164 e. The van der Waals surface area contributed by atoms with Crippen LogP contribution in [-0.2, 0) is 0 Å². The molecule has 5 heteroatoms. The number of hydrogen-bond donors (Lipinski definition) is 0. The molecule has 0 unspecified atom stereocenters. The Bertz CT molecular complexity index is 2800. The van der Waals surface area contributed by atoms with Gasteiger partial charge in [0.2, 0.25) is 0 Å². The normalized spacial score (nSPS) is 11.6. The van der Waals surface area contributed by atoms with Gasteiger partial charge in [-0.2, -0.15) is 0 Å². The fraction of sp³-hybridized carbons (Fsp3) is 0. The van der Waals surface area contributed by atoms with Crippen LogP contribution >= 0.6 is 22.7 Å². The van der Waals surface area contributed by atoms with E-state index in [-0.39, 0.29) is 0 Å². The van der Waals surface area contributed by atoms with Crippen LogP contribution in [0, 0.1) is 0 Å². The Balaban J connectivity index is 1.21. The van der Waals surface area contributed by atoms with E-state index >= 15 is 0 Å². The van der Waals surface area contributed by atoms with Gasteiger partial charge in [-0.15, -0.1) is 22.7 Å². The van der Waals surface area contributed by atoms with E-state index in [1.807, 2.05) is 59.1 Å². The summed E-state index contributed by atoms with van der Waals surface area (Å²) in [6.45, 7) is 0. The van der Waals surface area contributed by atoms with Crippen LogP contribution in [-0.4, -0.2) is 15.0 Å². The molecule has 0 saturated carbocycles. The van der Waals surface area contributed by atoms with E-state index in [4.69, 9.17) is 15.0 Å². The van der Waals surface area contributed by atoms with E-state index < -0.39 is 0 Å². The lowest BCUT2D eigenvalue weighted by atomic mass is 9.94. The molecular weight excluding hydrogens is 647 g/mol. The number of fused-ring (bicyclic) bond motifs is 6. The number of benzene rings is 7. The molecule has 0 amide bonds. The molecule has 0 atom stereocenters. The van der Waals surface area contributed by atoms with Crippen molar-refractivity contribution in [2.24, 2.45) is 0 Å². The van der Waals surface area contributed by atoms with Gasteiger partial charge in [-0.25, -0.2) is 15.0 Å². The van der Waals surface area contributed by atoms with Crippen molar-refractivity contribution < 1.29 is 0 Å². The number of thiophene rings is 2. The van der Waals surface area contributed by atoms with E-state index in [1.54, 1.807) is 0 Å². The molecule has 0 N–H and O–H groups in total. The summed E-state index contributed by atoms with van der Waals surface area (Å²) >= 11 is 3.73. The van der Waals surface area contributed by atoms with Crippen LogP contribution in [0.4, 0.5) is 0 Å². The van der Waals surface area contributed by atoms with Crippen molar-refractivity contribution in [1.29, 1.82) is 0 Å². The van der Waals surface area contributed by atoms with Crippen LogP contribution in [0.3, 0.4) is 0 Å². The lowest BCUT2D eigenvalue weighted by Crippen LogP contribution is -2.00. The summed E-state index contributed by atoms with van der Waals surface area (Å²) in [6.07, 6.45) is 0. The molecule has 0 saturated heterocycles. The minimum atomic E-state index is 0.664. The summed E-state index contributed by atoms with van der Waals surface area (Å²) in [5.41, 5.74) is 7.95. The summed E-state index contributed by atoms with van der Waals surface area (Å²) in [7, 11) is 0. The summed E-state index contributed by atoms with van der Waals surface area (Å²) in [6, 6.07) is 57.7. The molecule has 3 nitrogen and oxygen atoms in total. The molecule has 3 heterocycles. The van der Waals surface area contributed by atoms with Crippen LogP contribution in [0.15, 0.2) is 164 Å². The number of nitrogens with zero attached hydrogens (tertiary/aromatic N) is 3. The molecule has 0 spiro atoms. The molecule has 0 aliphatic carbocycles. The van der Waals surface area contributed by atoms with Crippen molar-refractivity contribution in [3.63, 3.8) is 0 Å². The van der Waals surface area contributed by atoms with Crippen molar-refractivity contribution in [2.45, 2.75) is 0 Å². The first-order valence-corrected chi connectivity index (χ1v) is 18.2. The molecule has 0 bridgehead atoms. The molecule has 234 valence electrons. The van der Waals surface area contributed by atoms with Crippen LogP contribution in [0.25, 0.3) is 96.8 Å². The molecular formula is C45H27N3S2. The molecule has 0 aliphatic rings. The van der Waals surface area contributed by atoms with Crippen LogP contribution in [0.2, 0.25) is 0 Å². The Hall–Kier alpha value is -6.01. The summed E-state index contributed by atoms with van der Waals surface area (Å²) in [5, 5.41) is 5.01. The quantitative estimate of drug-likeness (QED) is 0.182. The van der Waals surface area contributed by atoms with Gasteiger partial charge in [0.05, 0.1) is 0 Å². The standard InChI is InChI=1S/C45H27N3S2/c1-4-14-28(15-5-1)31-26-27-33(42-40(31)34-20-10-11-24-37(34)49-42)32-21-12-22-35-39-36(23-13-25-38(39)50-41(32)35)45-47-43(29-16-6-2-7-17-29)46-44(48-45)30-18-8-3-9-19-30/h1-27H. The molecule has 7 aromatic carbocycles. The first-order valence-electron chi connectivity index (χ1n) is 16.6. The highest BCUT2D eigenvalue weighted by atomic mass is 32.1. The minimum Gasteiger partial charge on any atom is -0.208 e. The van der Waals surface area contributed by atoms with Crippen molar-refractivity contribution in [2.75, 3.05) is 0 Å². The lowest BCUT2D eigenvalue weighted by Gasteiger charge is -2.11. The second-order valence-corrected chi connectivity index (χ2v) is 14.4. The Morgan fingerprint density at radius 1 is 0.300 bits per heavy atom. The molecule has 50 heavy (non-hydrogen) atoms. The third-order valence-corrected chi connectivity index (χ3v) is 11.8. The molecule has 0 aliphatic heterocycles. The van der Waals surface area contributed by atoms with Crippen molar-refractivity contribution in [3.05, 3.63) is 164 Å². The Labute approximate surface area is 296 Å². The Morgan fingerprint density at radius 2 is 0.800 bits per heavy atom. The predicted molar refractivity (Wildman–Crippen MR) is 213 cm³/mol. The maximum absolute atomic E-state index is 5.10. The van der Waals surface area contributed by atoms with Gasteiger partial charge >= 0.3 is 0 Å². The minimum absolute atomic E-state index is 0.664. The summed E-state index contributed by atoms with van der Waals surface area (Å²) in [4.78, 5) is 15.1. The van der Waals surface area contributed by atoms with Crippen molar-refractivity contribution >= 4 is 63.0 Å². The van der Waals surface area contributed by atoms with Gasteiger partial charge in [0.1, 0.15) is 0 Å². The van der Waals surface area contributed by atoms with E-state index in [0.29, 0.717) is 17.5 Å². The third-order valence-electron chi connectivity index (χ3n) is 9.36. The zero-order valence-corrected chi connectivity index (χ0v) is 28.4. The van der Waals surface area contributed by atoms with E-state index in [9.17, 15) is 0 Å². The second kappa shape index (κ2) is 11.8. The largest absolute Gasteiger partial charge is 0.208 e. The molecule has 0 radical (unpaired) electrons. The fourth-order valence-electron chi connectivity index (χ4n) is 7.07. The van der Waals surface area contributed by atoms with Gasteiger partial charge in [0.25, 0.3) is 0 Å². The van der Waals surface area contributed by atoms with E-state index in [2.05, 4.69) is 127 Å². The summed E-state index contributed by atoms with van der Waals surface area (Å²) < 4.78 is 5.09. The predicted octanol–water partition coefficient (Wildman–Crippen LogP) is 12.9. The van der Waals surface area contributed by atoms with Gasteiger partial charge in [-0.1, -0.05) is 152 Å². The number of hydrogen-bond acceptors (Lipinski definition) is 5. The van der Waals surface area contributed by atoms with Crippen molar-refractivity contribution in [3.8, 4) is 56.4 Å². The average molecular weight is 674 g/mol. The highest BCUT2D eigenvalue weighted by Crippen LogP contribution is 2.49.